The molecule has 2 heterocycles. The Labute approximate surface area is 170 Å². The number of hydrogen-bond donors (Lipinski definition) is 0. The van der Waals surface area contributed by atoms with Gasteiger partial charge in [-0.25, -0.2) is 12.7 Å². The van der Waals surface area contributed by atoms with Gasteiger partial charge in [-0.1, -0.05) is 28.9 Å². The van der Waals surface area contributed by atoms with Gasteiger partial charge in [0, 0.05) is 30.5 Å². The molecule has 0 unspecified atom stereocenters. The molecule has 0 bridgehead atoms. The van der Waals surface area contributed by atoms with E-state index in [0.717, 1.165) is 24.3 Å². The summed E-state index contributed by atoms with van der Waals surface area (Å²) in [5.74, 6) is 1.89. The Morgan fingerprint density at radius 2 is 1.86 bits per heavy atom. The SMILES string of the molecule is O=S(=O)(Cc1ccc(Cl)cc1)N1CCC(OCCc2noc(C3CC3)n2)CC1. The van der Waals surface area contributed by atoms with Crippen LogP contribution in [-0.4, -0.2) is 48.7 Å². The van der Waals surface area contributed by atoms with Crippen LogP contribution in [-0.2, 0) is 26.9 Å². The summed E-state index contributed by atoms with van der Waals surface area (Å²) in [4.78, 5) is 4.39. The Balaban J connectivity index is 1.20. The van der Waals surface area contributed by atoms with Crippen molar-refractivity contribution in [2.45, 2.75) is 49.9 Å². The van der Waals surface area contributed by atoms with Crippen molar-refractivity contribution in [1.29, 1.82) is 0 Å². The maximum Gasteiger partial charge on any atom is 0.229 e. The summed E-state index contributed by atoms with van der Waals surface area (Å²) in [6.45, 7) is 1.48. The predicted molar refractivity (Wildman–Crippen MR) is 105 cm³/mol. The fourth-order valence-electron chi connectivity index (χ4n) is 3.34. The van der Waals surface area contributed by atoms with Crippen molar-refractivity contribution in [3.05, 3.63) is 46.6 Å². The Kier molecular flexibility index (Phi) is 6.01. The van der Waals surface area contributed by atoms with Crippen LogP contribution in [0.25, 0.3) is 0 Å². The molecule has 0 atom stereocenters. The maximum atomic E-state index is 12.6. The highest BCUT2D eigenvalue weighted by molar-refractivity contribution is 7.88. The lowest BCUT2D eigenvalue weighted by atomic mass is 10.1. The van der Waals surface area contributed by atoms with Gasteiger partial charge in [-0.3, -0.25) is 0 Å². The monoisotopic (exact) mass is 425 g/mol. The van der Waals surface area contributed by atoms with E-state index in [-0.39, 0.29) is 11.9 Å². The summed E-state index contributed by atoms with van der Waals surface area (Å²) >= 11 is 5.86. The van der Waals surface area contributed by atoms with E-state index in [2.05, 4.69) is 10.1 Å². The van der Waals surface area contributed by atoms with Crippen LogP contribution in [0, 0.1) is 0 Å². The van der Waals surface area contributed by atoms with Crippen LogP contribution in [0.2, 0.25) is 5.02 Å². The van der Waals surface area contributed by atoms with Crippen LogP contribution in [0.4, 0.5) is 0 Å². The summed E-state index contributed by atoms with van der Waals surface area (Å²) in [6, 6.07) is 6.93. The Morgan fingerprint density at radius 3 is 2.54 bits per heavy atom. The molecule has 0 N–H and O–H groups in total. The summed E-state index contributed by atoms with van der Waals surface area (Å²) in [5, 5.41) is 4.59. The van der Waals surface area contributed by atoms with Crippen LogP contribution in [0.3, 0.4) is 0 Å². The lowest BCUT2D eigenvalue weighted by Gasteiger charge is -2.31. The van der Waals surface area contributed by atoms with Crippen molar-refractivity contribution in [3.8, 4) is 0 Å². The smallest absolute Gasteiger partial charge is 0.229 e. The molecule has 1 aliphatic carbocycles. The van der Waals surface area contributed by atoms with E-state index in [9.17, 15) is 8.42 Å². The molecule has 2 fully saturated rings. The highest BCUT2D eigenvalue weighted by atomic mass is 35.5. The zero-order valence-corrected chi connectivity index (χ0v) is 17.2. The molecule has 1 saturated carbocycles. The van der Waals surface area contributed by atoms with E-state index < -0.39 is 10.0 Å². The third kappa shape index (κ3) is 5.11. The molecule has 2 aliphatic rings. The standard InChI is InChI=1S/C19H24ClN3O4S/c20-16-5-1-14(2-6-16)13-28(24,25)23-10-7-17(8-11-23)26-12-9-18-21-19(27-22-18)15-3-4-15/h1-2,5-6,15,17H,3-4,7-13H2. The first kappa shape index (κ1) is 19.8. The molecule has 1 saturated heterocycles. The normalized spacial score (nSPS) is 19.2. The molecular formula is C19H24ClN3O4S. The number of sulfonamides is 1. The topological polar surface area (TPSA) is 85.5 Å². The van der Waals surface area contributed by atoms with Crippen LogP contribution < -0.4 is 0 Å². The zero-order valence-electron chi connectivity index (χ0n) is 15.6. The van der Waals surface area contributed by atoms with Crippen LogP contribution in [0.5, 0.6) is 0 Å². The molecular weight excluding hydrogens is 402 g/mol. The molecule has 28 heavy (non-hydrogen) atoms. The number of piperidine rings is 1. The molecule has 9 heteroatoms. The minimum Gasteiger partial charge on any atom is -0.378 e. The van der Waals surface area contributed by atoms with Gasteiger partial charge in [0.15, 0.2) is 5.82 Å². The lowest BCUT2D eigenvalue weighted by molar-refractivity contribution is 0.0222. The van der Waals surface area contributed by atoms with E-state index in [0.29, 0.717) is 55.7 Å². The van der Waals surface area contributed by atoms with Crippen molar-refractivity contribution in [2.24, 2.45) is 0 Å². The Morgan fingerprint density at radius 1 is 1.14 bits per heavy atom. The summed E-state index contributed by atoms with van der Waals surface area (Å²) in [6.07, 6.45) is 4.34. The molecule has 1 aliphatic heterocycles. The molecule has 4 rings (SSSR count). The first-order valence-corrected chi connectivity index (χ1v) is 11.6. The molecule has 0 radical (unpaired) electrons. The highest BCUT2D eigenvalue weighted by Gasteiger charge is 2.30. The van der Waals surface area contributed by atoms with Gasteiger partial charge in [-0.05, 0) is 43.4 Å². The van der Waals surface area contributed by atoms with Gasteiger partial charge < -0.3 is 9.26 Å². The first-order chi connectivity index (χ1) is 13.5. The third-order valence-corrected chi connectivity index (χ3v) is 7.25. The molecule has 2 aromatic rings. The second-order valence-electron chi connectivity index (χ2n) is 7.43. The fraction of sp³-hybridized carbons (Fsp3) is 0.579. The fourth-order valence-corrected chi connectivity index (χ4v) is 5.03. The van der Waals surface area contributed by atoms with Gasteiger partial charge in [0.1, 0.15) is 0 Å². The van der Waals surface area contributed by atoms with E-state index >= 15 is 0 Å². The van der Waals surface area contributed by atoms with E-state index in [4.69, 9.17) is 20.9 Å². The van der Waals surface area contributed by atoms with Crippen LogP contribution >= 0.6 is 11.6 Å². The average molecular weight is 426 g/mol. The molecule has 0 amide bonds. The largest absolute Gasteiger partial charge is 0.378 e. The van der Waals surface area contributed by atoms with Crippen molar-refractivity contribution in [2.75, 3.05) is 19.7 Å². The second-order valence-corrected chi connectivity index (χ2v) is 9.83. The lowest BCUT2D eigenvalue weighted by Crippen LogP contribution is -2.41. The van der Waals surface area contributed by atoms with Gasteiger partial charge >= 0.3 is 0 Å². The minimum absolute atomic E-state index is 0.00313. The second kappa shape index (κ2) is 8.49. The zero-order chi connectivity index (χ0) is 19.6. The van der Waals surface area contributed by atoms with Gasteiger partial charge in [0.2, 0.25) is 15.9 Å². The number of benzene rings is 1. The number of rotatable bonds is 8. The van der Waals surface area contributed by atoms with Crippen LogP contribution in [0.1, 0.15) is 48.9 Å². The number of hydrogen-bond acceptors (Lipinski definition) is 6. The summed E-state index contributed by atoms with van der Waals surface area (Å²) in [5.41, 5.74) is 0.744. The van der Waals surface area contributed by atoms with Crippen molar-refractivity contribution >= 4 is 21.6 Å². The van der Waals surface area contributed by atoms with Crippen molar-refractivity contribution in [1.82, 2.24) is 14.4 Å². The molecule has 0 spiro atoms. The first-order valence-electron chi connectivity index (χ1n) is 9.66. The summed E-state index contributed by atoms with van der Waals surface area (Å²) in [7, 11) is -3.33. The molecule has 1 aromatic carbocycles. The van der Waals surface area contributed by atoms with E-state index in [1.807, 2.05) is 0 Å². The number of halogens is 1. The van der Waals surface area contributed by atoms with E-state index in [1.165, 1.54) is 0 Å². The third-order valence-electron chi connectivity index (χ3n) is 5.15. The van der Waals surface area contributed by atoms with Crippen LogP contribution in [0.15, 0.2) is 28.8 Å². The molecule has 7 nitrogen and oxygen atoms in total. The molecule has 152 valence electrons. The summed E-state index contributed by atoms with van der Waals surface area (Å²) < 4.78 is 38.0. The minimum atomic E-state index is -3.33. The van der Waals surface area contributed by atoms with E-state index in [1.54, 1.807) is 28.6 Å². The predicted octanol–water partition coefficient (Wildman–Crippen LogP) is 3.15. The Hall–Kier alpha value is -1.48. The van der Waals surface area contributed by atoms with Gasteiger partial charge in [-0.15, -0.1) is 0 Å². The number of aromatic nitrogens is 2. The number of ether oxygens (including phenoxy) is 1. The molecule has 1 aromatic heterocycles. The maximum absolute atomic E-state index is 12.6. The highest BCUT2D eigenvalue weighted by Crippen LogP contribution is 2.38. The van der Waals surface area contributed by atoms with Gasteiger partial charge in [0.05, 0.1) is 18.5 Å². The average Bonchev–Trinajstić information content (AvgIpc) is 3.43. The number of nitrogens with zero attached hydrogens (tertiary/aromatic N) is 3. The van der Waals surface area contributed by atoms with Crippen molar-refractivity contribution < 1.29 is 17.7 Å². The quantitative estimate of drug-likeness (QED) is 0.645. The van der Waals surface area contributed by atoms with Gasteiger partial charge in [-0.2, -0.15) is 4.98 Å². The van der Waals surface area contributed by atoms with Crippen molar-refractivity contribution in [3.63, 3.8) is 0 Å². The Bertz CT molecular complexity index is 888. The van der Waals surface area contributed by atoms with Gasteiger partial charge in [0.25, 0.3) is 0 Å².